The van der Waals surface area contributed by atoms with Crippen LogP contribution in [0.2, 0.25) is 0 Å². The number of halogens is 1. The van der Waals surface area contributed by atoms with Crippen LogP contribution in [0, 0.1) is 22.7 Å². The number of aliphatic hydroxyl groups is 1. The number of rotatable bonds is 2. The van der Waals surface area contributed by atoms with Gasteiger partial charge in [0.15, 0.2) is 6.10 Å². The third-order valence-corrected chi connectivity index (χ3v) is 2.27. The van der Waals surface area contributed by atoms with Crippen molar-refractivity contribution >= 4 is 22.0 Å². The van der Waals surface area contributed by atoms with Gasteiger partial charge in [0.05, 0.1) is 17.7 Å². The molecule has 15 heavy (non-hydrogen) atoms. The molecule has 0 saturated heterocycles. The van der Waals surface area contributed by atoms with Gasteiger partial charge in [-0.25, -0.2) is 0 Å². The molecule has 0 bridgehead atoms. The van der Waals surface area contributed by atoms with E-state index < -0.39 is 6.10 Å². The molecule has 1 aromatic rings. The molecule has 0 saturated carbocycles. The van der Waals surface area contributed by atoms with Gasteiger partial charge in [0.2, 0.25) is 0 Å². The summed E-state index contributed by atoms with van der Waals surface area (Å²) in [6.07, 6.45) is 0.124. The van der Waals surface area contributed by atoms with Gasteiger partial charge in [-0.1, -0.05) is 28.1 Å². The minimum Gasteiger partial charge on any atom is -0.373 e. The average molecular weight is 263 g/mol. The Hall–Kier alpha value is -1.62. The molecule has 3 nitrogen and oxygen atoms in total. The molecule has 0 aliphatic heterocycles. The molecule has 0 radical (unpaired) electrons. The van der Waals surface area contributed by atoms with Gasteiger partial charge in [-0.3, -0.25) is 0 Å². The SMILES string of the molecule is N#CC(=Cc1ccc(Br)cc1)C(O)C#N. The second-order valence-corrected chi connectivity index (χ2v) is 3.71. The summed E-state index contributed by atoms with van der Waals surface area (Å²) in [6, 6.07) is 10.6. The summed E-state index contributed by atoms with van der Waals surface area (Å²) >= 11 is 3.28. The van der Waals surface area contributed by atoms with Crippen LogP contribution in [-0.2, 0) is 0 Å². The first-order valence-electron chi connectivity index (χ1n) is 4.12. The van der Waals surface area contributed by atoms with Crippen molar-refractivity contribution in [3.05, 3.63) is 39.9 Å². The largest absolute Gasteiger partial charge is 0.373 e. The predicted octanol–water partition coefficient (Wildman–Crippen LogP) is 2.24. The van der Waals surface area contributed by atoms with E-state index in [0.29, 0.717) is 0 Å². The van der Waals surface area contributed by atoms with Crippen LogP contribution in [0.5, 0.6) is 0 Å². The van der Waals surface area contributed by atoms with Crippen molar-refractivity contribution in [2.24, 2.45) is 0 Å². The summed E-state index contributed by atoms with van der Waals surface area (Å²) in [5.41, 5.74) is 0.809. The van der Waals surface area contributed by atoms with Crippen LogP contribution in [0.1, 0.15) is 5.56 Å². The molecule has 0 aliphatic carbocycles. The molecule has 1 rings (SSSR count). The lowest BCUT2D eigenvalue weighted by Crippen LogP contribution is -2.04. The van der Waals surface area contributed by atoms with Crippen LogP contribution in [0.25, 0.3) is 6.08 Å². The van der Waals surface area contributed by atoms with Crippen molar-refractivity contribution in [1.29, 1.82) is 10.5 Å². The zero-order chi connectivity index (χ0) is 11.3. The number of nitriles is 2. The van der Waals surface area contributed by atoms with Crippen molar-refractivity contribution in [1.82, 2.24) is 0 Å². The van der Waals surface area contributed by atoms with Crippen molar-refractivity contribution in [3.8, 4) is 12.1 Å². The van der Waals surface area contributed by atoms with Crippen LogP contribution < -0.4 is 0 Å². The topological polar surface area (TPSA) is 67.8 Å². The van der Waals surface area contributed by atoms with E-state index in [4.69, 9.17) is 10.5 Å². The Bertz CT molecular complexity index is 451. The quantitative estimate of drug-likeness (QED) is 0.657. The fourth-order valence-corrected chi connectivity index (χ4v) is 1.24. The summed E-state index contributed by atoms with van der Waals surface area (Å²) in [6.45, 7) is 0. The molecule has 0 aromatic heterocycles. The Kier molecular flexibility index (Phi) is 4.05. The van der Waals surface area contributed by atoms with E-state index in [2.05, 4.69) is 15.9 Å². The molecule has 1 N–H and O–H groups in total. The molecular weight excluding hydrogens is 256 g/mol. The average Bonchev–Trinajstić information content (AvgIpc) is 2.27. The van der Waals surface area contributed by atoms with E-state index in [1.54, 1.807) is 24.3 Å². The molecule has 74 valence electrons. The Balaban J connectivity index is 3.01. The highest BCUT2D eigenvalue weighted by Gasteiger charge is 2.08. The van der Waals surface area contributed by atoms with E-state index in [0.717, 1.165) is 10.0 Å². The zero-order valence-electron chi connectivity index (χ0n) is 7.68. The second kappa shape index (κ2) is 5.31. The Morgan fingerprint density at radius 1 is 1.33 bits per heavy atom. The summed E-state index contributed by atoms with van der Waals surface area (Å²) in [5.74, 6) is 0. The van der Waals surface area contributed by atoms with E-state index in [1.165, 1.54) is 6.08 Å². The summed E-state index contributed by atoms with van der Waals surface area (Å²) in [7, 11) is 0. The lowest BCUT2D eigenvalue weighted by molar-refractivity contribution is 0.271. The Morgan fingerprint density at radius 2 is 1.93 bits per heavy atom. The predicted molar refractivity (Wildman–Crippen MR) is 59.4 cm³/mol. The van der Waals surface area contributed by atoms with Crippen LogP contribution in [0.4, 0.5) is 0 Å². The number of nitrogens with zero attached hydrogens (tertiary/aromatic N) is 2. The third kappa shape index (κ3) is 3.21. The van der Waals surface area contributed by atoms with E-state index in [-0.39, 0.29) is 5.57 Å². The van der Waals surface area contributed by atoms with Gasteiger partial charge in [-0.15, -0.1) is 0 Å². The minimum atomic E-state index is -1.36. The van der Waals surface area contributed by atoms with E-state index >= 15 is 0 Å². The van der Waals surface area contributed by atoms with Crippen LogP contribution in [0.15, 0.2) is 34.3 Å². The van der Waals surface area contributed by atoms with Gasteiger partial charge >= 0.3 is 0 Å². The molecular formula is C11H7BrN2O. The zero-order valence-corrected chi connectivity index (χ0v) is 9.27. The lowest BCUT2D eigenvalue weighted by atomic mass is 10.1. The number of benzene rings is 1. The summed E-state index contributed by atoms with van der Waals surface area (Å²) in [4.78, 5) is 0. The van der Waals surface area contributed by atoms with Gasteiger partial charge in [0.1, 0.15) is 0 Å². The summed E-state index contributed by atoms with van der Waals surface area (Å²) < 4.78 is 0.930. The molecule has 0 heterocycles. The highest BCUT2D eigenvalue weighted by Crippen LogP contribution is 2.14. The third-order valence-electron chi connectivity index (χ3n) is 1.74. The smallest absolute Gasteiger partial charge is 0.175 e. The highest BCUT2D eigenvalue weighted by atomic mass is 79.9. The summed E-state index contributed by atoms with van der Waals surface area (Å²) in [5, 5.41) is 26.3. The Labute approximate surface area is 96.0 Å². The van der Waals surface area contributed by atoms with Crippen LogP contribution >= 0.6 is 15.9 Å². The first kappa shape index (κ1) is 11.5. The van der Waals surface area contributed by atoms with Gasteiger partial charge in [0.25, 0.3) is 0 Å². The first-order valence-corrected chi connectivity index (χ1v) is 4.91. The van der Waals surface area contributed by atoms with Crippen LogP contribution in [-0.4, -0.2) is 11.2 Å². The maximum Gasteiger partial charge on any atom is 0.175 e. The van der Waals surface area contributed by atoms with Gasteiger partial charge in [-0.2, -0.15) is 10.5 Å². The molecule has 0 spiro atoms. The van der Waals surface area contributed by atoms with Gasteiger partial charge < -0.3 is 5.11 Å². The molecule has 1 aromatic carbocycles. The number of aliphatic hydroxyl groups excluding tert-OH is 1. The van der Waals surface area contributed by atoms with Crippen molar-refractivity contribution in [2.75, 3.05) is 0 Å². The van der Waals surface area contributed by atoms with Gasteiger partial charge in [0, 0.05) is 4.47 Å². The molecule has 4 heteroatoms. The minimum absolute atomic E-state index is 0.0415. The molecule has 1 unspecified atom stereocenters. The molecule has 1 atom stereocenters. The molecule has 0 fully saturated rings. The van der Waals surface area contributed by atoms with Gasteiger partial charge in [-0.05, 0) is 23.8 Å². The fraction of sp³-hybridized carbons (Fsp3) is 0.0909. The normalized spacial score (nSPS) is 12.7. The second-order valence-electron chi connectivity index (χ2n) is 2.79. The van der Waals surface area contributed by atoms with Crippen LogP contribution in [0.3, 0.4) is 0 Å². The maximum atomic E-state index is 9.17. The van der Waals surface area contributed by atoms with Crippen molar-refractivity contribution < 1.29 is 5.11 Å². The fourth-order valence-electron chi connectivity index (χ4n) is 0.980. The monoisotopic (exact) mass is 262 g/mol. The molecule has 0 aliphatic rings. The standard InChI is InChI=1S/C11H7BrN2O/c12-10-3-1-8(2-4-10)5-9(6-13)11(15)7-14/h1-5,11,15H. The Morgan fingerprint density at radius 3 is 2.40 bits per heavy atom. The molecule has 0 amide bonds. The van der Waals surface area contributed by atoms with Crippen molar-refractivity contribution in [2.45, 2.75) is 6.10 Å². The lowest BCUT2D eigenvalue weighted by Gasteiger charge is -1.99. The number of hydrogen-bond donors (Lipinski definition) is 1. The van der Waals surface area contributed by atoms with E-state index in [1.807, 2.05) is 12.1 Å². The maximum absolute atomic E-state index is 9.17. The van der Waals surface area contributed by atoms with Crippen molar-refractivity contribution in [3.63, 3.8) is 0 Å². The van der Waals surface area contributed by atoms with E-state index in [9.17, 15) is 5.11 Å². The highest BCUT2D eigenvalue weighted by molar-refractivity contribution is 9.10. The number of hydrogen-bond acceptors (Lipinski definition) is 3. The first-order chi connectivity index (χ1) is 7.17.